The molecule has 1 aromatic carbocycles. The molecular formula is C11H11BrN2O2. The number of benzene rings is 1. The van der Waals surface area contributed by atoms with E-state index in [0.29, 0.717) is 25.1 Å². The van der Waals surface area contributed by atoms with Gasteiger partial charge >= 0.3 is 0 Å². The number of carbonyl (C=O) groups is 2. The summed E-state index contributed by atoms with van der Waals surface area (Å²) >= 11 is 3.29. The first-order chi connectivity index (χ1) is 7.58. The highest BCUT2D eigenvalue weighted by Gasteiger charge is 2.28. The van der Waals surface area contributed by atoms with Gasteiger partial charge in [0.05, 0.1) is 6.54 Å². The molecule has 1 saturated heterocycles. The summed E-state index contributed by atoms with van der Waals surface area (Å²) in [6.07, 6.45) is 0.648. The summed E-state index contributed by atoms with van der Waals surface area (Å²) in [5.74, 6) is -0.210. The van der Waals surface area contributed by atoms with Crippen LogP contribution in [-0.2, 0) is 16.1 Å². The van der Waals surface area contributed by atoms with Crippen molar-refractivity contribution in [2.24, 2.45) is 0 Å². The highest BCUT2D eigenvalue weighted by Crippen LogP contribution is 2.22. The van der Waals surface area contributed by atoms with Crippen molar-refractivity contribution in [1.82, 2.24) is 4.90 Å². The fraction of sp³-hybridized carbons (Fsp3) is 0.273. The van der Waals surface area contributed by atoms with E-state index in [1.165, 1.54) is 4.90 Å². The first-order valence-electron chi connectivity index (χ1n) is 4.95. The van der Waals surface area contributed by atoms with Crippen LogP contribution in [-0.4, -0.2) is 16.7 Å². The number of carbonyl (C=O) groups excluding carboxylic acids is 2. The summed E-state index contributed by atoms with van der Waals surface area (Å²) in [4.78, 5) is 24.1. The maximum atomic E-state index is 11.4. The predicted molar refractivity (Wildman–Crippen MR) is 63.3 cm³/mol. The van der Waals surface area contributed by atoms with Gasteiger partial charge in [0.25, 0.3) is 0 Å². The van der Waals surface area contributed by atoms with Crippen molar-refractivity contribution in [2.45, 2.75) is 19.4 Å². The molecule has 0 atom stereocenters. The number of halogens is 1. The lowest BCUT2D eigenvalue weighted by Crippen LogP contribution is -2.28. The molecule has 1 aromatic rings. The Morgan fingerprint density at radius 1 is 1.25 bits per heavy atom. The van der Waals surface area contributed by atoms with E-state index in [2.05, 4.69) is 15.9 Å². The van der Waals surface area contributed by atoms with Crippen LogP contribution in [0.1, 0.15) is 18.4 Å². The number of imide groups is 1. The second kappa shape index (κ2) is 4.25. The van der Waals surface area contributed by atoms with Crippen LogP contribution in [0, 0.1) is 0 Å². The van der Waals surface area contributed by atoms with Gasteiger partial charge in [0, 0.05) is 23.0 Å². The quantitative estimate of drug-likeness (QED) is 0.663. The van der Waals surface area contributed by atoms with Gasteiger partial charge in [0.15, 0.2) is 0 Å². The van der Waals surface area contributed by atoms with Crippen LogP contribution in [0.15, 0.2) is 22.7 Å². The highest BCUT2D eigenvalue weighted by atomic mass is 79.9. The van der Waals surface area contributed by atoms with Crippen LogP contribution in [0.4, 0.5) is 5.69 Å². The molecule has 5 heteroatoms. The van der Waals surface area contributed by atoms with Crippen molar-refractivity contribution < 1.29 is 9.59 Å². The van der Waals surface area contributed by atoms with E-state index in [0.717, 1.165) is 10.0 Å². The summed E-state index contributed by atoms with van der Waals surface area (Å²) in [6.45, 7) is 0.315. The summed E-state index contributed by atoms with van der Waals surface area (Å²) in [5, 5.41) is 0. The first-order valence-corrected chi connectivity index (χ1v) is 5.74. The third-order valence-electron chi connectivity index (χ3n) is 2.56. The second-order valence-electron chi connectivity index (χ2n) is 3.73. The van der Waals surface area contributed by atoms with Gasteiger partial charge in [-0.05, 0) is 33.6 Å². The lowest BCUT2D eigenvalue weighted by atomic mass is 10.2. The van der Waals surface area contributed by atoms with E-state index in [1.54, 1.807) is 6.07 Å². The Kier molecular flexibility index (Phi) is 2.96. The van der Waals surface area contributed by atoms with Gasteiger partial charge in [-0.15, -0.1) is 0 Å². The Balaban J connectivity index is 2.17. The molecule has 4 nitrogen and oxygen atoms in total. The van der Waals surface area contributed by atoms with Crippen LogP contribution >= 0.6 is 15.9 Å². The number of likely N-dealkylation sites (tertiary alicyclic amines) is 1. The molecule has 2 N–H and O–H groups in total. The van der Waals surface area contributed by atoms with Crippen molar-refractivity contribution >= 4 is 33.4 Å². The fourth-order valence-corrected chi connectivity index (χ4v) is 1.92. The monoisotopic (exact) mass is 282 g/mol. The molecule has 16 heavy (non-hydrogen) atoms. The lowest BCUT2D eigenvalue weighted by Gasteiger charge is -2.14. The molecule has 0 spiro atoms. The van der Waals surface area contributed by atoms with Crippen LogP contribution in [0.25, 0.3) is 0 Å². The third kappa shape index (κ3) is 2.09. The molecule has 1 aliphatic heterocycles. The van der Waals surface area contributed by atoms with Gasteiger partial charge in [0.2, 0.25) is 11.8 Å². The minimum Gasteiger partial charge on any atom is -0.398 e. The smallest absolute Gasteiger partial charge is 0.229 e. The zero-order valence-corrected chi connectivity index (χ0v) is 10.2. The normalized spacial score (nSPS) is 15.9. The van der Waals surface area contributed by atoms with Gasteiger partial charge < -0.3 is 5.73 Å². The van der Waals surface area contributed by atoms with E-state index in [1.807, 2.05) is 12.1 Å². The molecule has 2 rings (SSSR count). The maximum absolute atomic E-state index is 11.4. The van der Waals surface area contributed by atoms with Gasteiger partial charge in [-0.3, -0.25) is 14.5 Å². The molecule has 0 aromatic heterocycles. The van der Waals surface area contributed by atoms with Gasteiger partial charge in [-0.25, -0.2) is 0 Å². The number of hydrogen-bond donors (Lipinski definition) is 1. The zero-order valence-electron chi connectivity index (χ0n) is 8.57. The van der Waals surface area contributed by atoms with Crippen molar-refractivity contribution in [3.8, 4) is 0 Å². The van der Waals surface area contributed by atoms with Gasteiger partial charge in [-0.2, -0.15) is 0 Å². The topological polar surface area (TPSA) is 63.4 Å². The van der Waals surface area contributed by atoms with E-state index >= 15 is 0 Å². The molecule has 1 heterocycles. The summed E-state index contributed by atoms with van der Waals surface area (Å²) < 4.78 is 0.815. The molecule has 1 fully saturated rings. The standard InChI is InChI=1S/C11H11BrN2O2/c12-8-2-1-7(5-9(8)13)6-14-10(15)3-4-11(14)16/h1-2,5H,3-4,6,13H2. The number of nitrogens with zero attached hydrogens (tertiary/aromatic N) is 1. The van der Waals surface area contributed by atoms with Gasteiger partial charge in [0.1, 0.15) is 0 Å². The second-order valence-corrected chi connectivity index (χ2v) is 4.58. The fourth-order valence-electron chi connectivity index (χ4n) is 1.67. The number of anilines is 1. The molecule has 84 valence electrons. The molecule has 0 bridgehead atoms. The molecule has 2 amide bonds. The summed E-state index contributed by atoms with van der Waals surface area (Å²) in [5.41, 5.74) is 7.20. The van der Waals surface area contributed by atoms with Crippen LogP contribution in [0.2, 0.25) is 0 Å². The molecule has 0 aliphatic carbocycles. The average molecular weight is 283 g/mol. The van der Waals surface area contributed by atoms with E-state index in [4.69, 9.17) is 5.73 Å². The Labute approximate surface area is 102 Å². The average Bonchev–Trinajstić information content (AvgIpc) is 2.55. The minimum absolute atomic E-state index is 0.105. The molecule has 1 aliphatic rings. The van der Waals surface area contributed by atoms with Crippen molar-refractivity contribution in [1.29, 1.82) is 0 Å². The van der Waals surface area contributed by atoms with Crippen molar-refractivity contribution in [3.05, 3.63) is 28.2 Å². The maximum Gasteiger partial charge on any atom is 0.229 e. The number of hydrogen-bond acceptors (Lipinski definition) is 3. The van der Waals surface area contributed by atoms with Crippen molar-refractivity contribution in [2.75, 3.05) is 5.73 Å². The lowest BCUT2D eigenvalue weighted by molar-refractivity contribution is -0.139. The number of nitrogen functional groups attached to an aromatic ring is 1. The Bertz CT molecular complexity index is 443. The zero-order chi connectivity index (χ0) is 11.7. The van der Waals surface area contributed by atoms with Crippen LogP contribution in [0.3, 0.4) is 0 Å². The number of nitrogens with two attached hydrogens (primary N) is 1. The molecular weight excluding hydrogens is 272 g/mol. The molecule has 0 unspecified atom stereocenters. The summed E-state index contributed by atoms with van der Waals surface area (Å²) in [6, 6.07) is 5.43. The van der Waals surface area contributed by atoms with E-state index in [9.17, 15) is 9.59 Å². The number of amides is 2. The molecule has 0 radical (unpaired) electrons. The third-order valence-corrected chi connectivity index (χ3v) is 3.28. The Morgan fingerprint density at radius 2 is 1.88 bits per heavy atom. The van der Waals surface area contributed by atoms with E-state index in [-0.39, 0.29) is 11.8 Å². The van der Waals surface area contributed by atoms with Gasteiger partial charge in [-0.1, -0.05) is 6.07 Å². The predicted octanol–water partition coefficient (Wildman–Crippen LogP) is 1.68. The Morgan fingerprint density at radius 3 is 2.44 bits per heavy atom. The SMILES string of the molecule is Nc1cc(CN2C(=O)CCC2=O)ccc1Br. The van der Waals surface area contributed by atoms with Crippen molar-refractivity contribution in [3.63, 3.8) is 0 Å². The molecule has 0 saturated carbocycles. The Hall–Kier alpha value is -1.36. The first kappa shape index (κ1) is 11.1. The van der Waals surface area contributed by atoms with E-state index < -0.39 is 0 Å². The number of rotatable bonds is 2. The van der Waals surface area contributed by atoms with Crippen LogP contribution < -0.4 is 5.73 Å². The minimum atomic E-state index is -0.105. The highest BCUT2D eigenvalue weighted by molar-refractivity contribution is 9.10. The summed E-state index contributed by atoms with van der Waals surface area (Å²) in [7, 11) is 0. The largest absolute Gasteiger partial charge is 0.398 e. The van der Waals surface area contributed by atoms with Crippen LogP contribution in [0.5, 0.6) is 0 Å².